The number of benzene rings is 1. The zero-order chi connectivity index (χ0) is 15.7. The summed E-state index contributed by atoms with van der Waals surface area (Å²) < 4.78 is 5.62. The number of ether oxygens (including phenoxy) is 1. The minimum atomic E-state index is -0.0121. The van der Waals surface area contributed by atoms with E-state index in [-0.39, 0.29) is 5.92 Å². The van der Waals surface area contributed by atoms with E-state index in [0.29, 0.717) is 30.0 Å². The van der Waals surface area contributed by atoms with Crippen LogP contribution in [0.3, 0.4) is 0 Å². The summed E-state index contributed by atoms with van der Waals surface area (Å²) >= 11 is 0. The molecule has 0 bridgehead atoms. The van der Waals surface area contributed by atoms with Gasteiger partial charge in [-0.2, -0.15) is 0 Å². The van der Waals surface area contributed by atoms with Crippen molar-refractivity contribution in [2.24, 2.45) is 11.8 Å². The van der Waals surface area contributed by atoms with Crippen LogP contribution in [0.4, 0.5) is 0 Å². The Kier molecular flexibility index (Phi) is 2.62. The third kappa shape index (κ3) is 1.58. The molecule has 0 amide bonds. The van der Waals surface area contributed by atoms with E-state index in [1.165, 1.54) is 30.5 Å². The molecular formula is C20H21NO2. The van der Waals surface area contributed by atoms with E-state index in [2.05, 4.69) is 17.6 Å². The molecule has 0 radical (unpaired) electrons. The van der Waals surface area contributed by atoms with Crippen LogP contribution in [0, 0.1) is 11.8 Å². The Hall–Kier alpha value is -2.03. The predicted molar refractivity (Wildman–Crippen MR) is 89.9 cm³/mol. The van der Waals surface area contributed by atoms with Gasteiger partial charge in [-0.15, -0.1) is 0 Å². The van der Waals surface area contributed by atoms with Gasteiger partial charge in [0, 0.05) is 28.9 Å². The number of allylic oxidation sites excluding steroid dienone is 1. The van der Waals surface area contributed by atoms with Gasteiger partial charge in [0.2, 0.25) is 0 Å². The van der Waals surface area contributed by atoms with Crippen LogP contribution >= 0.6 is 0 Å². The maximum absolute atomic E-state index is 12.8. The number of rotatable bonds is 1. The van der Waals surface area contributed by atoms with Crippen molar-refractivity contribution in [1.29, 1.82) is 0 Å². The number of hydrogen-bond donors (Lipinski definition) is 1. The van der Waals surface area contributed by atoms with Gasteiger partial charge in [0.25, 0.3) is 0 Å². The van der Waals surface area contributed by atoms with Crippen molar-refractivity contribution in [1.82, 2.24) is 4.98 Å². The number of H-pyrrole nitrogens is 1. The van der Waals surface area contributed by atoms with Gasteiger partial charge in [0.15, 0.2) is 0 Å². The largest absolute Gasteiger partial charge is 0.496 e. The van der Waals surface area contributed by atoms with Gasteiger partial charge in [-0.25, -0.2) is 0 Å². The van der Waals surface area contributed by atoms with E-state index in [1.54, 1.807) is 7.11 Å². The highest BCUT2D eigenvalue weighted by Gasteiger charge is 2.53. The molecule has 3 nitrogen and oxygen atoms in total. The maximum atomic E-state index is 12.8. The molecule has 4 atom stereocenters. The summed E-state index contributed by atoms with van der Waals surface area (Å²) in [5.41, 5.74) is 4.78. The first-order valence-electron chi connectivity index (χ1n) is 8.59. The van der Waals surface area contributed by atoms with E-state index in [0.717, 1.165) is 22.2 Å². The number of methoxy groups -OCH3 is 1. The van der Waals surface area contributed by atoms with Gasteiger partial charge in [0.05, 0.1) is 13.0 Å². The monoisotopic (exact) mass is 307 g/mol. The lowest BCUT2D eigenvalue weighted by Gasteiger charge is -2.36. The fourth-order valence-electron chi connectivity index (χ4n) is 5.60. The highest BCUT2D eigenvalue weighted by molar-refractivity contribution is 6.00. The third-order valence-electron chi connectivity index (χ3n) is 6.37. The van der Waals surface area contributed by atoms with Crippen molar-refractivity contribution in [3.8, 4) is 5.75 Å². The van der Waals surface area contributed by atoms with Crippen LogP contribution < -0.4 is 4.74 Å². The smallest absolute Gasteiger partial charge is 0.145 e. The number of fused-ring (bicyclic) bond motifs is 8. The average molecular weight is 307 g/mol. The Balaban J connectivity index is 1.86. The highest BCUT2D eigenvalue weighted by atomic mass is 16.5. The number of carbonyl (C=O) groups is 1. The highest BCUT2D eigenvalue weighted by Crippen LogP contribution is 2.61. The first-order chi connectivity index (χ1) is 11.2. The molecule has 0 aliphatic heterocycles. The number of hydrogen-bond acceptors (Lipinski definition) is 2. The summed E-state index contributed by atoms with van der Waals surface area (Å²) in [7, 11) is 1.71. The fraction of sp³-hybridized carbons (Fsp3) is 0.450. The number of Topliss-reactive ketones (excluding diaryl/α,β-unsaturated/α-hetero) is 1. The SMILES string of the molecule is C=C1CC(=O)C2c3c([nH]c4cccc(OC)c34)C3CCCC3C12. The van der Waals surface area contributed by atoms with Crippen LogP contribution in [0.5, 0.6) is 5.75 Å². The van der Waals surface area contributed by atoms with Gasteiger partial charge in [-0.05, 0) is 42.4 Å². The number of ketones is 1. The van der Waals surface area contributed by atoms with Crippen molar-refractivity contribution in [2.45, 2.75) is 37.5 Å². The average Bonchev–Trinajstić information content (AvgIpc) is 3.22. The summed E-state index contributed by atoms with van der Waals surface area (Å²) in [6, 6.07) is 6.12. The lowest BCUT2D eigenvalue weighted by atomic mass is 9.67. The molecule has 4 unspecified atom stereocenters. The summed E-state index contributed by atoms with van der Waals surface area (Å²) in [5, 5.41) is 1.12. The number of aromatic amines is 1. The van der Waals surface area contributed by atoms with Gasteiger partial charge >= 0.3 is 0 Å². The lowest BCUT2D eigenvalue weighted by Crippen LogP contribution is -2.29. The molecule has 2 saturated carbocycles. The zero-order valence-electron chi connectivity index (χ0n) is 13.4. The van der Waals surface area contributed by atoms with E-state index >= 15 is 0 Å². The quantitative estimate of drug-likeness (QED) is 0.798. The van der Waals surface area contributed by atoms with Crippen LogP contribution in [-0.2, 0) is 4.79 Å². The molecule has 0 saturated heterocycles. The Labute approximate surface area is 135 Å². The van der Waals surface area contributed by atoms with Crippen LogP contribution in [0.2, 0.25) is 0 Å². The molecule has 2 fully saturated rings. The topological polar surface area (TPSA) is 42.1 Å². The molecule has 3 aliphatic carbocycles. The molecule has 5 rings (SSSR count). The van der Waals surface area contributed by atoms with Gasteiger partial charge < -0.3 is 9.72 Å². The van der Waals surface area contributed by atoms with Crippen molar-refractivity contribution in [2.75, 3.05) is 7.11 Å². The number of nitrogens with one attached hydrogen (secondary N) is 1. The second-order valence-corrected chi connectivity index (χ2v) is 7.34. The summed E-state index contributed by atoms with van der Waals surface area (Å²) in [6.45, 7) is 4.27. The molecule has 1 N–H and O–H groups in total. The van der Waals surface area contributed by atoms with Gasteiger partial charge in [0.1, 0.15) is 11.5 Å². The number of carbonyl (C=O) groups excluding carboxylic acids is 1. The molecular weight excluding hydrogens is 286 g/mol. The Bertz CT molecular complexity index is 847. The van der Waals surface area contributed by atoms with E-state index in [1.807, 2.05) is 12.1 Å². The van der Waals surface area contributed by atoms with Crippen LogP contribution in [0.1, 0.15) is 48.8 Å². The van der Waals surface area contributed by atoms with Gasteiger partial charge in [-0.1, -0.05) is 24.6 Å². The van der Waals surface area contributed by atoms with Crippen molar-refractivity contribution in [3.63, 3.8) is 0 Å². The molecule has 2 aromatic rings. The molecule has 1 aromatic heterocycles. The van der Waals surface area contributed by atoms with Crippen molar-refractivity contribution >= 4 is 16.7 Å². The molecule has 1 heterocycles. The van der Waals surface area contributed by atoms with Crippen molar-refractivity contribution < 1.29 is 9.53 Å². The molecule has 1 aromatic carbocycles. The first-order valence-corrected chi connectivity index (χ1v) is 8.59. The molecule has 0 spiro atoms. The van der Waals surface area contributed by atoms with Gasteiger partial charge in [-0.3, -0.25) is 4.79 Å². The Morgan fingerprint density at radius 3 is 3.00 bits per heavy atom. The molecule has 3 heteroatoms. The summed E-state index contributed by atoms with van der Waals surface area (Å²) in [5.74, 6) is 2.68. The summed E-state index contributed by atoms with van der Waals surface area (Å²) in [4.78, 5) is 16.4. The predicted octanol–water partition coefficient (Wildman–Crippen LogP) is 4.30. The third-order valence-corrected chi connectivity index (χ3v) is 6.37. The summed E-state index contributed by atoms with van der Waals surface area (Å²) in [6.07, 6.45) is 4.26. The standard InChI is InChI=1S/C20H21NO2/c1-10-9-14(22)18-16(10)11-5-3-6-12(11)20-19(18)17-13(21-20)7-4-8-15(17)23-2/h4,7-8,11-12,16,18,21H,1,3,5-6,9H2,2H3. The Morgan fingerprint density at radius 1 is 1.30 bits per heavy atom. The lowest BCUT2D eigenvalue weighted by molar-refractivity contribution is -0.119. The molecule has 23 heavy (non-hydrogen) atoms. The van der Waals surface area contributed by atoms with E-state index < -0.39 is 0 Å². The molecule has 3 aliphatic rings. The maximum Gasteiger partial charge on any atom is 0.145 e. The minimum Gasteiger partial charge on any atom is -0.496 e. The molecule has 118 valence electrons. The van der Waals surface area contributed by atoms with Crippen LogP contribution in [0.15, 0.2) is 30.4 Å². The first kappa shape index (κ1) is 13.4. The fourth-order valence-corrected chi connectivity index (χ4v) is 5.60. The van der Waals surface area contributed by atoms with Crippen molar-refractivity contribution in [3.05, 3.63) is 41.6 Å². The number of aromatic nitrogens is 1. The van der Waals surface area contributed by atoms with Crippen LogP contribution in [-0.4, -0.2) is 17.9 Å². The second kappa shape index (κ2) is 4.50. The van der Waals surface area contributed by atoms with Crippen LogP contribution in [0.25, 0.3) is 10.9 Å². The zero-order valence-corrected chi connectivity index (χ0v) is 13.4. The Morgan fingerprint density at radius 2 is 2.17 bits per heavy atom. The normalized spacial score (nSPS) is 32.0. The minimum absolute atomic E-state index is 0.0121. The second-order valence-electron chi connectivity index (χ2n) is 7.34. The van der Waals surface area contributed by atoms with E-state index in [9.17, 15) is 4.79 Å². The van der Waals surface area contributed by atoms with E-state index in [4.69, 9.17) is 4.74 Å².